The Kier molecular flexibility index (Phi) is 4.72. The molecule has 104 valence electrons. The highest BCUT2D eigenvalue weighted by atomic mass is 32.1. The molecule has 5 nitrogen and oxygen atoms in total. The maximum Gasteiger partial charge on any atom is 0.229 e. The van der Waals surface area contributed by atoms with Gasteiger partial charge in [0.15, 0.2) is 5.11 Å². The largest absolute Gasteiger partial charge is 0.494 e. The molecule has 6 heteroatoms. The van der Waals surface area contributed by atoms with Gasteiger partial charge in [-0.15, -0.1) is 0 Å². The van der Waals surface area contributed by atoms with Gasteiger partial charge in [-0.05, 0) is 24.4 Å². The first-order chi connectivity index (χ1) is 8.74. The van der Waals surface area contributed by atoms with E-state index in [1.165, 1.54) is 7.11 Å². The monoisotopic (exact) mass is 281 g/mol. The lowest BCUT2D eigenvalue weighted by Gasteiger charge is -2.19. The zero-order chi connectivity index (χ0) is 14.6. The molecule has 0 saturated carbocycles. The average Bonchev–Trinajstić information content (AvgIpc) is 2.29. The third-order valence-electron chi connectivity index (χ3n) is 2.40. The van der Waals surface area contributed by atoms with Crippen LogP contribution in [0.2, 0.25) is 0 Å². The summed E-state index contributed by atoms with van der Waals surface area (Å²) >= 11 is 4.76. The van der Waals surface area contributed by atoms with Crippen molar-refractivity contribution >= 4 is 34.6 Å². The first kappa shape index (κ1) is 15.2. The van der Waals surface area contributed by atoms with Crippen molar-refractivity contribution in [3.05, 3.63) is 18.2 Å². The molecule has 1 aromatic rings. The predicted octanol–water partition coefficient (Wildman–Crippen LogP) is 2.34. The molecule has 0 unspecified atom stereocenters. The van der Waals surface area contributed by atoms with E-state index in [-0.39, 0.29) is 11.0 Å². The van der Waals surface area contributed by atoms with Crippen molar-refractivity contribution in [2.45, 2.75) is 20.8 Å². The summed E-state index contributed by atoms with van der Waals surface area (Å²) in [5.41, 5.74) is 6.24. The summed E-state index contributed by atoms with van der Waals surface area (Å²) in [6.07, 6.45) is 0. The summed E-state index contributed by atoms with van der Waals surface area (Å²) < 4.78 is 5.24. The van der Waals surface area contributed by atoms with Gasteiger partial charge in [0.1, 0.15) is 5.75 Å². The SMILES string of the molecule is COc1cc(NC(N)=S)ccc1NC(=O)C(C)(C)C. The number of hydrogen-bond donors (Lipinski definition) is 3. The highest BCUT2D eigenvalue weighted by Crippen LogP contribution is 2.29. The molecule has 0 aliphatic carbocycles. The van der Waals surface area contributed by atoms with Crippen LogP contribution in [-0.2, 0) is 4.79 Å². The number of carbonyl (C=O) groups excluding carboxylic acids is 1. The number of methoxy groups -OCH3 is 1. The van der Waals surface area contributed by atoms with Crippen LogP contribution in [-0.4, -0.2) is 18.1 Å². The number of anilines is 2. The smallest absolute Gasteiger partial charge is 0.229 e. The summed E-state index contributed by atoms with van der Waals surface area (Å²) in [5.74, 6) is 0.458. The third kappa shape index (κ3) is 4.40. The number of carbonyl (C=O) groups is 1. The number of nitrogens with two attached hydrogens (primary N) is 1. The first-order valence-corrected chi connectivity index (χ1v) is 6.21. The van der Waals surface area contributed by atoms with Crippen LogP contribution in [0.5, 0.6) is 5.75 Å². The van der Waals surface area contributed by atoms with Crippen molar-refractivity contribution in [1.82, 2.24) is 0 Å². The molecule has 1 amide bonds. The van der Waals surface area contributed by atoms with Crippen LogP contribution in [0.25, 0.3) is 0 Å². The zero-order valence-corrected chi connectivity index (χ0v) is 12.4. The van der Waals surface area contributed by atoms with Gasteiger partial charge in [-0.25, -0.2) is 0 Å². The number of ether oxygens (including phenoxy) is 1. The lowest BCUT2D eigenvalue weighted by atomic mass is 9.95. The van der Waals surface area contributed by atoms with Gasteiger partial charge in [-0.2, -0.15) is 0 Å². The van der Waals surface area contributed by atoms with Crippen LogP contribution in [0.1, 0.15) is 20.8 Å². The van der Waals surface area contributed by atoms with E-state index >= 15 is 0 Å². The fraction of sp³-hybridized carbons (Fsp3) is 0.385. The van der Waals surface area contributed by atoms with E-state index in [9.17, 15) is 4.79 Å². The Balaban J connectivity index is 2.96. The second-order valence-corrected chi connectivity index (χ2v) is 5.55. The number of rotatable bonds is 3. The van der Waals surface area contributed by atoms with Crippen molar-refractivity contribution in [1.29, 1.82) is 0 Å². The minimum absolute atomic E-state index is 0.0825. The second-order valence-electron chi connectivity index (χ2n) is 5.11. The zero-order valence-electron chi connectivity index (χ0n) is 11.5. The standard InChI is InChI=1S/C13H19N3O2S/c1-13(2,3)11(17)16-9-6-5-8(15-12(14)19)7-10(9)18-4/h5-7H,1-4H3,(H,16,17)(H3,14,15,19). The van der Waals surface area contributed by atoms with Crippen LogP contribution in [0.4, 0.5) is 11.4 Å². The lowest BCUT2D eigenvalue weighted by molar-refractivity contribution is -0.123. The van der Waals surface area contributed by atoms with Gasteiger partial charge < -0.3 is 21.1 Å². The van der Waals surface area contributed by atoms with E-state index in [1.54, 1.807) is 18.2 Å². The Morgan fingerprint density at radius 3 is 2.42 bits per heavy atom. The number of amides is 1. The van der Waals surface area contributed by atoms with E-state index in [0.29, 0.717) is 17.1 Å². The molecule has 0 heterocycles. The van der Waals surface area contributed by atoms with E-state index in [0.717, 1.165) is 0 Å². The molecule has 0 radical (unpaired) electrons. The molecule has 0 aliphatic rings. The van der Waals surface area contributed by atoms with Gasteiger partial charge in [-0.3, -0.25) is 4.79 Å². The van der Waals surface area contributed by atoms with Crippen LogP contribution >= 0.6 is 12.2 Å². The molecule has 4 N–H and O–H groups in total. The fourth-order valence-electron chi connectivity index (χ4n) is 1.32. The molecule has 0 fully saturated rings. The Labute approximate surface area is 118 Å². The molecule has 1 rings (SSSR count). The Morgan fingerprint density at radius 2 is 1.95 bits per heavy atom. The van der Waals surface area contributed by atoms with Crippen molar-refractivity contribution in [3.63, 3.8) is 0 Å². The minimum atomic E-state index is -0.471. The van der Waals surface area contributed by atoms with Crippen LogP contribution < -0.4 is 21.1 Å². The van der Waals surface area contributed by atoms with E-state index in [4.69, 9.17) is 22.7 Å². The number of thiocarbonyl (C=S) groups is 1. The van der Waals surface area contributed by atoms with Crippen molar-refractivity contribution < 1.29 is 9.53 Å². The fourth-order valence-corrected chi connectivity index (χ4v) is 1.44. The quantitative estimate of drug-likeness (QED) is 0.741. The van der Waals surface area contributed by atoms with Crippen LogP contribution in [0.3, 0.4) is 0 Å². The van der Waals surface area contributed by atoms with Gasteiger partial charge in [-0.1, -0.05) is 20.8 Å². The van der Waals surface area contributed by atoms with Gasteiger partial charge >= 0.3 is 0 Å². The molecule has 0 aliphatic heterocycles. The molecule has 0 saturated heterocycles. The molecule has 0 spiro atoms. The van der Waals surface area contributed by atoms with E-state index in [1.807, 2.05) is 20.8 Å². The first-order valence-electron chi connectivity index (χ1n) is 5.80. The Hall–Kier alpha value is -1.82. The number of benzene rings is 1. The predicted molar refractivity (Wildman–Crippen MR) is 81.5 cm³/mol. The maximum absolute atomic E-state index is 11.9. The third-order valence-corrected chi connectivity index (χ3v) is 2.50. The molecule has 0 bridgehead atoms. The topological polar surface area (TPSA) is 76.4 Å². The van der Waals surface area contributed by atoms with Crippen molar-refractivity contribution in [3.8, 4) is 5.75 Å². The van der Waals surface area contributed by atoms with Crippen LogP contribution in [0.15, 0.2) is 18.2 Å². The summed E-state index contributed by atoms with van der Waals surface area (Å²) in [6, 6.07) is 5.22. The number of nitrogens with one attached hydrogen (secondary N) is 2. The van der Waals surface area contributed by atoms with Crippen molar-refractivity contribution in [2.75, 3.05) is 17.7 Å². The van der Waals surface area contributed by atoms with Crippen molar-refractivity contribution in [2.24, 2.45) is 11.1 Å². The van der Waals surface area contributed by atoms with E-state index < -0.39 is 5.41 Å². The maximum atomic E-state index is 11.9. The molecule has 19 heavy (non-hydrogen) atoms. The second kappa shape index (κ2) is 5.88. The van der Waals surface area contributed by atoms with E-state index in [2.05, 4.69) is 10.6 Å². The summed E-state index contributed by atoms with van der Waals surface area (Å²) in [5, 5.41) is 5.81. The Bertz CT molecular complexity index is 495. The lowest BCUT2D eigenvalue weighted by Crippen LogP contribution is -2.27. The van der Waals surface area contributed by atoms with Gasteiger partial charge in [0.05, 0.1) is 12.8 Å². The van der Waals surface area contributed by atoms with Gasteiger partial charge in [0, 0.05) is 17.2 Å². The van der Waals surface area contributed by atoms with Gasteiger partial charge in [0.25, 0.3) is 0 Å². The number of hydrogen-bond acceptors (Lipinski definition) is 3. The highest BCUT2D eigenvalue weighted by molar-refractivity contribution is 7.80. The minimum Gasteiger partial charge on any atom is -0.494 e. The summed E-state index contributed by atoms with van der Waals surface area (Å²) in [6.45, 7) is 5.53. The Morgan fingerprint density at radius 1 is 1.32 bits per heavy atom. The van der Waals surface area contributed by atoms with Crippen LogP contribution in [0, 0.1) is 5.41 Å². The molecule has 0 atom stereocenters. The summed E-state index contributed by atoms with van der Waals surface area (Å²) in [4.78, 5) is 11.9. The normalized spacial score (nSPS) is 10.7. The van der Waals surface area contributed by atoms with Gasteiger partial charge in [0.2, 0.25) is 5.91 Å². The molecular weight excluding hydrogens is 262 g/mol. The summed E-state index contributed by atoms with van der Waals surface area (Å²) in [7, 11) is 1.53. The molecule has 0 aromatic heterocycles. The highest BCUT2D eigenvalue weighted by Gasteiger charge is 2.22. The average molecular weight is 281 g/mol. The molecule has 1 aromatic carbocycles. The molecular formula is C13H19N3O2S.